The first kappa shape index (κ1) is 18.1. The average Bonchev–Trinajstić information content (AvgIpc) is 2.48. The van der Waals surface area contributed by atoms with E-state index >= 15 is 0 Å². The second-order valence-corrected chi connectivity index (χ2v) is 6.55. The summed E-state index contributed by atoms with van der Waals surface area (Å²) in [5.41, 5.74) is 2.52. The van der Waals surface area contributed by atoms with Gasteiger partial charge in [0.1, 0.15) is 0 Å². The number of carbonyl (C=O) groups is 1. The molecule has 0 fully saturated rings. The van der Waals surface area contributed by atoms with Gasteiger partial charge in [-0.1, -0.05) is 46.9 Å². The largest absolute Gasteiger partial charge is 0.324 e. The lowest BCUT2D eigenvalue weighted by molar-refractivity contribution is -0.115. The van der Waals surface area contributed by atoms with Crippen LogP contribution in [0, 0.1) is 6.92 Å². The highest BCUT2D eigenvalue weighted by atomic mass is 35.5. The fourth-order valence-electron chi connectivity index (χ4n) is 2.12. The van der Waals surface area contributed by atoms with Gasteiger partial charge in [-0.2, -0.15) is 0 Å². The topological polar surface area (TPSA) is 41.1 Å². The van der Waals surface area contributed by atoms with Gasteiger partial charge in [0.15, 0.2) is 0 Å². The second-order valence-electron chi connectivity index (χ2n) is 5.30. The van der Waals surface area contributed by atoms with Crippen LogP contribution in [-0.4, -0.2) is 12.5 Å². The maximum atomic E-state index is 12.0. The van der Waals surface area contributed by atoms with Crippen molar-refractivity contribution in [3.8, 4) is 0 Å². The molecule has 23 heavy (non-hydrogen) atoms. The van der Waals surface area contributed by atoms with Crippen LogP contribution in [0.1, 0.15) is 24.1 Å². The lowest BCUT2D eigenvalue weighted by atomic mass is 10.1. The number of hydrogen-bond donors (Lipinski definition) is 2. The normalized spacial score (nSPS) is 12.0. The summed E-state index contributed by atoms with van der Waals surface area (Å²) in [6.45, 7) is 4.02. The minimum absolute atomic E-state index is 0.0843. The van der Waals surface area contributed by atoms with E-state index in [9.17, 15) is 4.79 Å². The number of amides is 1. The summed E-state index contributed by atoms with van der Waals surface area (Å²) >= 11 is 18.1. The molecule has 2 aromatic rings. The van der Waals surface area contributed by atoms with Crippen molar-refractivity contribution < 1.29 is 4.79 Å². The van der Waals surface area contributed by atoms with E-state index in [0.717, 1.165) is 11.1 Å². The van der Waals surface area contributed by atoms with Gasteiger partial charge >= 0.3 is 0 Å². The standard InChI is InChI=1S/C17H17Cl3N2O/c1-10-3-6-16(15(20)7-10)22-17(23)9-21-11(2)13-5-4-12(18)8-14(13)19/h3-8,11,21H,9H2,1-2H3,(H,22,23)/t11-/m1/s1. The number of halogens is 3. The molecule has 0 spiro atoms. The van der Waals surface area contributed by atoms with Crippen molar-refractivity contribution in [3.63, 3.8) is 0 Å². The van der Waals surface area contributed by atoms with Gasteiger partial charge in [-0.05, 0) is 49.2 Å². The predicted molar refractivity (Wildman–Crippen MR) is 97.7 cm³/mol. The van der Waals surface area contributed by atoms with Crippen LogP contribution in [0.15, 0.2) is 36.4 Å². The first-order valence-electron chi connectivity index (χ1n) is 7.11. The van der Waals surface area contributed by atoms with Crippen LogP contribution in [0.4, 0.5) is 5.69 Å². The molecule has 0 aromatic heterocycles. The number of nitrogens with one attached hydrogen (secondary N) is 2. The van der Waals surface area contributed by atoms with E-state index < -0.39 is 0 Å². The van der Waals surface area contributed by atoms with Crippen molar-refractivity contribution in [3.05, 3.63) is 62.6 Å². The fourth-order valence-corrected chi connectivity index (χ4v) is 2.98. The van der Waals surface area contributed by atoms with Crippen LogP contribution < -0.4 is 10.6 Å². The van der Waals surface area contributed by atoms with Crippen molar-refractivity contribution >= 4 is 46.4 Å². The van der Waals surface area contributed by atoms with E-state index in [1.54, 1.807) is 24.3 Å². The predicted octanol–water partition coefficient (Wildman–Crippen LogP) is 5.24. The molecule has 0 bridgehead atoms. The van der Waals surface area contributed by atoms with E-state index in [0.29, 0.717) is 20.8 Å². The maximum absolute atomic E-state index is 12.0. The van der Waals surface area contributed by atoms with Gasteiger partial charge in [0, 0.05) is 16.1 Å². The minimum atomic E-state index is -0.173. The summed E-state index contributed by atoms with van der Waals surface area (Å²) in [6, 6.07) is 10.7. The smallest absolute Gasteiger partial charge is 0.238 e. The van der Waals surface area contributed by atoms with Gasteiger partial charge in [0.2, 0.25) is 5.91 Å². The molecule has 1 atom stereocenters. The lowest BCUT2D eigenvalue weighted by Crippen LogP contribution is -2.30. The van der Waals surface area contributed by atoms with Crippen molar-refractivity contribution in [1.29, 1.82) is 0 Å². The number of carbonyl (C=O) groups excluding carboxylic acids is 1. The molecule has 0 aliphatic carbocycles. The fraction of sp³-hybridized carbons (Fsp3) is 0.235. The summed E-state index contributed by atoms with van der Waals surface area (Å²) in [5, 5.41) is 7.58. The molecule has 0 radical (unpaired) electrons. The van der Waals surface area contributed by atoms with Gasteiger partial charge in [-0.25, -0.2) is 0 Å². The van der Waals surface area contributed by atoms with Crippen LogP contribution in [0.3, 0.4) is 0 Å². The van der Waals surface area contributed by atoms with Gasteiger partial charge in [-0.3, -0.25) is 4.79 Å². The maximum Gasteiger partial charge on any atom is 0.238 e. The molecular weight excluding hydrogens is 355 g/mol. The number of aryl methyl sites for hydroxylation is 1. The van der Waals surface area contributed by atoms with Crippen LogP contribution in [0.25, 0.3) is 0 Å². The van der Waals surface area contributed by atoms with E-state index in [4.69, 9.17) is 34.8 Å². The minimum Gasteiger partial charge on any atom is -0.324 e. The van der Waals surface area contributed by atoms with E-state index in [1.165, 1.54) is 0 Å². The Morgan fingerprint density at radius 3 is 2.48 bits per heavy atom. The Hall–Kier alpha value is -1.26. The molecule has 2 N–H and O–H groups in total. The van der Waals surface area contributed by atoms with Gasteiger partial charge < -0.3 is 10.6 Å². The monoisotopic (exact) mass is 370 g/mol. The molecule has 0 unspecified atom stereocenters. The van der Waals surface area contributed by atoms with Gasteiger partial charge in [-0.15, -0.1) is 0 Å². The summed E-state index contributed by atoms with van der Waals surface area (Å²) in [4.78, 5) is 12.0. The Kier molecular flexibility index (Phi) is 6.31. The molecule has 0 aliphatic rings. The van der Waals surface area contributed by atoms with Gasteiger partial charge in [0.05, 0.1) is 17.3 Å². The van der Waals surface area contributed by atoms with Crippen LogP contribution in [-0.2, 0) is 4.79 Å². The Morgan fingerprint density at radius 1 is 1.09 bits per heavy atom. The molecule has 122 valence electrons. The number of rotatable bonds is 5. The highest BCUT2D eigenvalue weighted by molar-refractivity contribution is 6.35. The van der Waals surface area contributed by atoms with Crippen molar-refractivity contribution in [2.45, 2.75) is 19.9 Å². The Morgan fingerprint density at radius 2 is 1.83 bits per heavy atom. The molecule has 6 heteroatoms. The molecule has 0 saturated heterocycles. The summed E-state index contributed by atoms with van der Waals surface area (Å²) in [5.74, 6) is -0.173. The third-order valence-corrected chi connectivity index (χ3v) is 4.27. The molecule has 1 amide bonds. The van der Waals surface area contributed by atoms with Crippen LogP contribution in [0.5, 0.6) is 0 Å². The molecule has 0 aliphatic heterocycles. The lowest BCUT2D eigenvalue weighted by Gasteiger charge is -2.16. The molecule has 0 saturated carbocycles. The third-order valence-electron chi connectivity index (χ3n) is 3.40. The van der Waals surface area contributed by atoms with Gasteiger partial charge in [0.25, 0.3) is 0 Å². The molecule has 2 rings (SSSR count). The summed E-state index contributed by atoms with van der Waals surface area (Å²) in [7, 11) is 0. The zero-order valence-corrected chi connectivity index (χ0v) is 15.1. The Bertz CT molecular complexity index is 719. The molecule has 2 aromatic carbocycles. The Labute approximate surface area is 150 Å². The first-order valence-corrected chi connectivity index (χ1v) is 8.24. The van der Waals surface area contributed by atoms with E-state index in [1.807, 2.05) is 26.0 Å². The quantitative estimate of drug-likeness (QED) is 0.754. The molecule has 0 heterocycles. The first-order chi connectivity index (χ1) is 10.9. The SMILES string of the molecule is Cc1ccc(NC(=O)CN[C@H](C)c2ccc(Cl)cc2Cl)c(Cl)c1. The zero-order chi connectivity index (χ0) is 17.0. The van der Waals surface area contributed by atoms with E-state index in [-0.39, 0.29) is 18.5 Å². The summed E-state index contributed by atoms with van der Waals surface area (Å²) in [6.07, 6.45) is 0. The second kappa shape index (κ2) is 8.02. The number of anilines is 1. The molecule has 3 nitrogen and oxygen atoms in total. The van der Waals surface area contributed by atoms with Crippen molar-refractivity contribution in [2.75, 3.05) is 11.9 Å². The van der Waals surface area contributed by atoms with E-state index in [2.05, 4.69) is 10.6 Å². The highest BCUT2D eigenvalue weighted by Crippen LogP contribution is 2.26. The van der Waals surface area contributed by atoms with Crippen molar-refractivity contribution in [2.24, 2.45) is 0 Å². The number of hydrogen-bond acceptors (Lipinski definition) is 2. The van der Waals surface area contributed by atoms with Crippen LogP contribution >= 0.6 is 34.8 Å². The third kappa shape index (κ3) is 5.11. The summed E-state index contributed by atoms with van der Waals surface area (Å²) < 4.78 is 0. The number of benzene rings is 2. The highest BCUT2D eigenvalue weighted by Gasteiger charge is 2.12. The average molecular weight is 372 g/mol. The zero-order valence-electron chi connectivity index (χ0n) is 12.8. The van der Waals surface area contributed by atoms with Crippen LogP contribution in [0.2, 0.25) is 15.1 Å². The molecular formula is C17H17Cl3N2O. The Balaban J connectivity index is 1.93. The van der Waals surface area contributed by atoms with Crippen molar-refractivity contribution in [1.82, 2.24) is 5.32 Å².